The van der Waals surface area contributed by atoms with Gasteiger partial charge in [0.05, 0.1) is 0 Å². The van der Waals surface area contributed by atoms with Crippen LogP contribution in [-0.4, -0.2) is 16.1 Å². The standard InChI is InChI=1S/C7H11N5/c1-2-12-6-5-9-7(12)3-4-10-11-8/h5-6H,2-4H2,1H3. The summed E-state index contributed by atoms with van der Waals surface area (Å²) in [4.78, 5) is 6.82. The van der Waals surface area contributed by atoms with Gasteiger partial charge >= 0.3 is 0 Å². The second kappa shape index (κ2) is 4.41. The molecule has 0 N–H and O–H groups in total. The average molecular weight is 165 g/mol. The highest BCUT2D eigenvalue weighted by atomic mass is 15.1. The first kappa shape index (κ1) is 8.62. The Bertz CT molecular complexity index is 284. The highest BCUT2D eigenvalue weighted by Crippen LogP contribution is 1.98. The average Bonchev–Trinajstić information content (AvgIpc) is 2.52. The topological polar surface area (TPSA) is 66.6 Å². The van der Waals surface area contributed by atoms with E-state index in [9.17, 15) is 0 Å². The van der Waals surface area contributed by atoms with Crippen molar-refractivity contribution in [3.63, 3.8) is 0 Å². The van der Waals surface area contributed by atoms with Gasteiger partial charge in [-0.25, -0.2) is 4.98 Å². The molecule has 1 aromatic rings. The fourth-order valence-corrected chi connectivity index (χ4v) is 1.05. The Morgan fingerprint density at radius 3 is 3.25 bits per heavy atom. The summed E-state index contributed by atoms with van der Waals surface area (Å²) in [6.07, 6.45) is 4.39. The zero-order valence-corrected chi connectivity index (χ0v) is 7.01. The van der Waals surface area contributed by atoms with Crippen LogP contribution in [0.1, 0.15) is 12.7 Å². The van der Waals surface area contributed by atoms with Gasteiger partial charge in [0.1, 0.15) is 5.82 Å². The maximum absolute atomic E-state index is 8.05. The molecule has 0 aromatic carbocycles. The van der Waals surface area contributed by atoms with Crippen molar-refractivity contribution in [1.82, 2.24) is 9.55 Å². The first-order chi connectivity index (χ1) is 5.88. The molecule has 0 amide bonds. The number of nitrogens with zero attached hydrogens (tertiary/aromatic N) is 5. The van der Waals surface area contributed by atoms with Gasteiger partial charge in [0.2, 0.25) is 0 Å². The molecule has 0 radical (unpaired) electrons. The monoisotopic (exact) mass is 165 g/mol. The minimum atomic E-state index is 0.480. The first-order valence-electron chi connectivity index (χ1n) is 3.89. The molecule has 1 rings (SSSR count). The van der Waals surface area contributed by atoms with Crippen LogP contribution in [0.4, 0.5) is 0 Å². The third kappa shape index (κ3) is 2.00. The lowest BCUT2D eigenvalue weighted by Crippen LogP contribution is -2.02. The number of rotatable bonds is 4. The Labute approximate surface area is 70.7 Å². The molecule has 0 atom stereocenters. The molecule has 0 bridgehead atoms. The molecule has 64 valence electrons. The number of aryl methyl sites for hydroxylation is 1. The molecule has 0 spiro atoms. The summed E-state index contributed by atoms with van der Waals surface area (Å²) in [6, 6.07) is 0. The molecule has 1 aromatic heterocycles. The highest BCUT2D eigenvalue weighted by molar-refractivity contribution is 4.92. The predicted molar refractivity (Wildman–Crippen MR) is 45.6 cm³/mol. The van der Waals surface area contributed by atoms with Crippen molar-refractivity contribution >= 4 is 0 Å². The number of hydrogen-bond donors (Lipinski definition) is 0. The van der Waals surface area contributed by atoms with E-state index < -0.39 is 0 Å². The van der Waals surface area contributed by atoms with Crippen molar-refractivity contribution < 1.29 is 0 Å². The van der Waals surface area contributed by atoms with Crippen LogP contribution in [0.5, 0.6) is 0 Å². The van der Waals surface area contributed by atoms with Crippen LogP contribution in [-0.2, 0) is 13.0 Å². The van der Waals surface area contributed by atoms with Gasteiger partial charge in [-0.2, -0.15) is 0 Å². The van der Waals surface area contributed by atoms with Crippen LogP contribution in [0.3, 0.4) is 0 Å². The molecule has 0 aliphatic heterocycles. The van der Waals surface area contributed by atoms with Gasteiger partial charge in [-0.1, -0.05) is 5.11 Å². The van der Waals surface area contributed by atoms with Crippen molar-refractivity contribution in [2.24, 2.45) is 5.11 Å². The highest BCUT2D eigenvalue weighted by Gasteiger charge is 1.98. The van der Waals surface area contributed by atoms with E-state index in [1.54, 1.807) is 6.20 Å². The van der Waals surface area contributed by atoms with Crippen molar-refractivity contribution in [1.29, 1.82) is 0 Å². The minimum Gasteiger partial charge on any atom is -0.335 e. The lowest BCUT2D eigenvalue weighted by atomic mass is 10.4. The Kier molecular flexibility index (Phi) is 3.17. The summed E-state index contributed by atoms with van der Waals surface area (Å²) < 4.78 is 2.03. The molecule has 0 saturated heterocycles. The maximum atomic E-state index is 8.05. The minimum absolute atomic E-state index is 0.480. The Hall–Kier alpha value is -1.48. The summed E-state index contributed by atoms with van der Waals surface area (Å²) in [7, 11) is 0. The van der Waals surface area contributed by atoms with E-state index >= 15 is 0 Å². The SMILES string of the molecule is CCn1ccnc1CCN=[N+]=[N-]. The van der Waals surface area contributed by atoms with Crippen LogP contribution in [0, 0.1) is 0 Å². The van der Waals surface area contributed by atoms with E-state index in [1.807, 2.05) is 10.8 Å². The molecule has 0 unspecified atom stereocenters. The van der Waals surface area contributed by atoms with Crippen molar-refractivity contribution in [3.05, 3.63) is 28.7 Å². The van der Waals surface area contributed by atoms with Gasteiger partial charge in [-0.05, 0) is 12.5 Å². The third-order valence-electron chi connectivity index (χ3n) is 1.64. The summed E-state index contributed by atoms with van der Waals surface area (Å²) in [6.45, 7) is 3.44. The van der Waals surface area contributed by atoms with Gasteiger partial charge in [0.25, 0.3) is 0 Å². The molecule has 5 nitrogen and oxygen atoms in total. The van der Waals surface area contributed by atoms with Crippen LogP contribution >= 0.6 is 0 Å². The van der Waals surface area contributed by atoms with Gasteiger partial charge in [-0.3, -0.25) is 0 Å². The van der Waals surface area contributed by atoms with Gasteiger partial charge in [-0.15, -0.1) is 0 Å². The fourth-order valence-electron chi connectivity index (χ4n) is 1.05. The number of imidazole rings is 1. The quantitative estimate of drug-likeness (QED) is 0.380. The molecular formula is C7H11N5. The van der Waals surface area contributed by atoms with Crippen molar-refractivity contribution in [2.75, 3.05) is 6.54 Å². The van der Waals surface area contributed by atoms with E-state index in [2.05, 4.69) is 21.9 Å². The second-order valence-corrected chi connectivity index (χ2v) is 2.33. The fraction of sp³-hybridized carbons (Fsp3) is 0.571. The maximum Gasteiger partial charge on any atom is 0.108 e. The molecule has 5 heteroatoms. The summed E-state index contributed by atoms with van der Waals surface area (Å²) in [5.74, 6) is 0.977. The summed E-state index contributed by atoms with van der Waals surface area (Å²) in [5.41, 5.74) is 8.05. The zero-order valence-electron chi connectivity index (χ0n) is 7.01. The zero-order chi connectivity index (χ0) is 8.81. The van der Waals surface area contributed by atoms with Crippen molar-refractivity contribution in [3.8, 4) is 0 Å². The lowest BCUT2D eigenvalue weighted by Gasteiger charge is -2.00. The van der Waals surface area contributed by atoms with Crippen LogP contribution < -0.4 is 0 Å². The largest absolute Gasteiger partial charge is 0.335 e. The van der Waals surface area contributed by atoms with E-state index in [4.69, 9.17) is 5.53 Å². The van der Waals surface area contributed by atoms with Crippen LogP contribution in [0.25, 0.3) is 10.4 Å². The molecular weight excluding hydrogens is 154 g/mol. The Morgan fingerprint density at radius 1 is 1.75 bits per heavy atom. The van der Waals surface area contributed by atoms with E-state index in [1.165, 1.54) is 0 Å². The first-order valence-corrected chi connectivity index (χ1v) is 3.89. The summed E-state index contributed by atoms with van der Waals surface area (Å²) >= 11 is 0. The molecule has 1 heterocycles. The van der Waals surface area contributed by atoms with E-state index in [0.29, 0.717) is 13.0 Å². The number of hydrogen-bond acceptors (Lipinski definition) is 2. The lowest BCUT2D eigenvalue weighted by molar-refractivity contribution is 0.692. The van der Waals surface area contributed by atoms with E-state index in [-0.39, 0.29) is 0 Å². The predicted octanol–water partition coefficient (Wildman–Crippen LogP) is 1.76. The normalized spacial score (nSPS) is 9.42. The molecule has 12 heavy (non-hydrogen) atoms. The Balaban J connectivity index is 2.55. The molecule has 0 fully saturated rings. The van der Waals surface area contributed by atoms with Crippen LogP contribution in [0.15, 0.2) is 17.5 Å². The number of aromatic nitrogens is 2. The smallest absolute Gasteiger partial charge is 0.108 e. The molecule has 0 aliphatic carbocycles. The number of azide groups is 1. The molecule has 0 aliphatic rings. The van der Waals surface area contributed by atoms with Crippen molar-refractivity contribution in [2.45, 2.75) is 19.9 Å². The second-order valence-electron chi connectivity index (χ2n) is 2.33. The van der Waals surface area contributed by atoms with Crippen LogP contribution in [0.2, 0.25) is 0 Å². The van der Waals surface area contributed by atoms with Gasteiger partial charge in [0.15, 0.2) is 0 Å². The van der Waals surface area contributed by atoms with Gasteiger partial charge in [0, 0.05) is 36.8 Å². The summed E-state index contributed by atoms with van der Waals surface area (Å²) in [5, 5.41) is 3.45. The van der Waals surface area contributed by atoms with E-state index in [0.717, 1.165) is 12.4 Å². The Morgan fingerprint density at radius 2 is 2.58 bits per heavy atom. The van der Waals surface area contributed by atoms with Gasteiger partial charge < -0.3 is 4.57 Å². The third-order valence-corrected chi connectivity index (χ3v) is 1.64. The molecule has 0 saturated carbocycles.